The molecule has 0 radical (unpaired) electrons. The normalized spacial score (nSPS) is 11.6. The number of rotatable bonds is 7. The Morgan fingerprint density at radius 2 is 2.00 bits per heavy atom. The van der Waals surface area contributed by atoms with E-state index in [0.717, 1.165) is 0 Å². The van der Waals surface area contributed by atoms with E-state index < -0.39 is 17.9 Å². The molecule has 0 fully saturated rings. The minimum atomic E-state index is -1.21. The number of carboxylic acid groups (broad SMARTS) is 1. The second-order valence-electron chi connectivity index (χ2n) is 3.94. The number of carbonyl (C=O) groups excluding carboxylic acids is 1. The van der Waals surface area contributed by atoms with Crippen molar-refractivity contribution in [2.24, 2.45) is 0 Å². The summed E-state index contributed by atoms with van der Waals surface area (Å²) in [5, 5.41) is 20.0. The van der Waals surface area contributed by atoms with E-state index in [4.69, 9.17) is 19.7 Å². The zero-order valence-electron chi connectivity index (χ0n) is 11.3. The predicted molar refractivity (Wildman–Crippen MR) is 70.1 cm³/mol. The van der Waals surface area contributed by atoms with Gasteiger partial charge in [-0.05, 0) is 12.1 Å². The van der Waals surface area contributed by atoms with Gasteiger partial charge >= 0.3 is 5.97 Å². The minimum Gasteiger partial charge on any atom is -0.497 e. The van der Waals surface area contributed by atoms with Gasteiger partial charge in [-0.25, -0.2) is 4.79 Å². The number of aliphatic hydroxyl groups is 1. The van der Waals surface area contributed by atoms with Crippen LogP contribution in [0.1, 0.15) is 16.8 Å². The molecule has 0 aliphatic carbocycles. The Bertz CT molecular complexity index is 488. The zero-order valence-corrected chi connectivity index (χ0v) is 11.3. The average Bonchev–Trinajstić information content (AvgIpc) is 2.45. The van der Waals surface area contributed by atoms with Gasteiger partial charge in [-0.1, -0.05) is 0 Å². The summed E-state index contributed by atoms with van der Waals surface area (Å²) >= 11 is 0. The van der Waals surface area contributed by atoms with Gasteiger partial charge in [-0.2, -0.15) is 0 Å². The van der Waals surface area contributed by atoms with Crippen molar-refractivity contribution >= 4 is 11.9 Å². The fraction of sp³-hybridized carbons (Fsp3) is 0.385. The van der Waals surface area contributed by atoms with E-state index in [1.807, 2.05) is 0 Å². The van der Waals surface area contributed by atoms with Gasteiger partial charge in [-0.3, -0.25) is 4.79 Å². The van der Waals surface area contributed by atoms with Crippen LogP contribution in [0.25, 0.3) is 0 Å². The van der Waals surface area contributed by atoms with Gasteiger partial charge in [0.05, 0.1) is 19.8 Å². The zero-order chi connectivity index (χ0) is 15.1. The van der Waals surface area contributed by atoms with Crippen molar-refractivity contribution in [1.29, 1.82) is 0 Å². The molecule has 0 unspecified atom stereocenters. The summed E-state index contributed by atoms with van der Waals surface area (Å²) in [6.07, 6.45) is -0.0699. The number of carbonyl (C=O) groups is 2. The molecule has 0 spiro atoms. The van der Waals surface area contributed by atoms with Crippen LogP contribution in [0.4, 0.5) is 0 Å². The lowest BCUT2D eigenvalue weighted by Gasteiger charge is -2.15. The number of ether oxygens (including phenoxy) is 2. The number of nitrogens with one attached hydrogen (secondary N) is 1. The summed E-state index contributed by atoms with van der Waals surface area (Å²) in [6, 6.07) is 3.42. The smallest absolute Gasteiger partial charge is 0.326 e. The second kappa shape index (κ2) is 7.34. The van der Waals surface area contributed by atoms with Crippen molar-refractivity contribution in [3.8, 4) is 11.5 Å². The fourth-order valence-electron chi connectivity index (χ4n) is 1.61. The number of hydrogen-bond donors (Lipinski definition) is 3. The quantitative estimate of drug-likeness (QED) is 0.663. The molecule has 1 rings (SSSR count). The van der Waals surface area contributed by atoms with Crippen LogP contribution in [0.15, 0.2) is 18.2 Å². The first-order chi connectivity index (χ1) is 9.53. The van der Waals surface area contributed by atoms with E-state index >= 15 is 0 Å². The van der Waals surface area contributed by atoms with Crippen molar-refractivity contribution in [3.63, 3.8) is 0 Å². The highest BCUT2D eigenvalue weighted by atomic mass is 16.5. The number of aliphatic hydroxyl groups excluding tert-OH is 1. The standard InChI is InChI=1S/C13H17NO6/c1-19-8-3-4-9(11(7-8)20-2)12(16)14-10(5-6-15)13(17)18/h3-4,7,10,15H,5-6H2,1-2H3,(H,14,16)(H,17,18)/t10-/m0/s1. The third-order valence-corrected chi connectivity index (χ3v) is 2.67. The Hall–Kier alpha value is -2.28. The Kier molecular flexibility index (Phi) is 5.79. The molecule has 1 aromatic rings. The molecule has 7 heteroatoms. The van der Waals surface area contributed by atoms with Crippen LogP contribution in [0, 0.1) is 0 Å². The van der Waals surface area contributed by atoms with E-state index in [2.05, 4.69) is 5.32 Å². The van der Waals surface area contributed by atoms with Crippen molar-refractivity contribution in [3.05, 3.63) is 23.8 Å². The van der Waals surface area contributed by atoms with Gasteiger partial charge in [0.1, 0.15) is 17.5 Å². The molecule has 1 amide bonds. The first-order valence-corrected chi connectivity index (χ1v) is 5.90. The Labute approximate surface area is 116 Å². The molecule has 0 aliphatic rings. The summed E-state index contributed by atoms with van der Waals surface area (Å²) in [4.78, 5) is 23.0. The third kappa shape index (κ3) is 3.86. The number of carboxylic acids is 1. The summed E-state index contributed by atoms with van der Waals surface area (Å²) in [7, 11) is 2.88. The molecular weight excluding hydrogens is 266 g/mol. The molecule has 20 heavy (non-hydrogen) atoms. The maximum Gasteiger partial charge on any atom is 0.326 e. The summed E-state index contributed by atoms with van der Waals surface area (Å²) in [6.45, 7) is -0.336. The number of methoxy groups -OCH3 is 2. The maximum absolute atomic E-state index is 12.0. The minimum absolute atomic E-state index is 0.0699. The third-order valence-electron chi connectivity index (χ3n) is 2.67. The highest BCUT2D eigenvalue weighted by Crippen LogP contribution is 2.24. The van der Waals surface area contributed by atoms with Crippen LogP contribution in [0.2, 0.25) is 0 Å². The monoisotopic (exact) mass is 283 g/mol. The summed E-state index contributed by atoms with van der Waals surface area (Å²) < 4.78 is 10.1. The molecule has 7 nitrogen and oxygen atoms in total. The molecule has 1 atom stereocenters. The summed E-state index contributed by atoms with van der Waals surface area (Å²) in [5.74, 6) is -1.01. The number of hydrogen-bond acceptors (Lipinski definition) is 5. The lowest BCUT2D eigenvalue weighted by atomic mass is 10.1. The van der Waals surface area contributed by atoms with Crippen LogP contribution in [-0.4, -0.2) is 49.0 Å². The molecular formula is C13H17NO6. The molecule has 0 saturated carbocycles. The van der Waals surface area contributed by atoms with Gasteiger partial charge in [0, 0.05) is 19.1 Å². The van der Waals surface area contributed by atoms with Crippen molar-refractivity contribution < 1.29 is 29.3 Å². The number of aliphatic carboxylic acids is 1. The first-order valence-electron chi connectivity index (χ1n) is 5.90. The number of amides is 1. The van der Waals surface area contributed by atoms with E-state index in [1.165, 1.54) is 26.4 Å². The lowest BCUT2D eigenvalue weighted by Crippen LogP contribution is -2.41. The average molecular weight is 283 g/mol. The molecule has 0 aromatic heterocycles. The van der Waals surface area contributed by atoms with E-state index in [9.17, 15) is 9.59 Å². The summed E-state index contributed by atoms with van der Waals surface area (Å²) in [5.41, 5.74) is 0.192. The first kappa shape index (κ1) is 15.8. The predicted octanol–water partition coefficient (Wildman–Crippen LogP) is 0.269. The van der Waals surface area contributed by atoms with Gasteiger partial charge in [-0.15, -0.1) is 0 Å². The highest BCUT2D eigenvalue weighted by Gasteiger charge is 2.22. The van der Waals surface area contributed by atoms with Crippen molar-refractivity contribution in [2.45, 2.75) is 12.5 Å². The lowest BCUT2D eigenvalue weighted by molar-refractivity contribution is -0.139. The molecule has 1 aromatic carbocycles. The van der Waals surface area contributed by atoms with Gasteiger partial charge in [0.25, 0.3) is 5.91 Å². The fourth-order valence-corrected chi connectivity index (χ4v) is 1.61. The van der Waals surface area contributed by atoms with E-state index in [1.54, 1.807) is 6.07 Å². The maximum atomic E-state index is 12.0. The highest BCUT2D eigenvalue weighted by molar-refractivity contribution is 5.99. The molecule has 0 heterocycles. The van der Waals surface area contributed by atoms with Crippen LogP contribution in [-0.2, 0) is 4.79 Å². The molecule has 0 saturated heterocycles. The Balaban J connectivity index is 2.93. The van der Waals surface area contributed by atoms with E-state index in [0.29, 0.717) is 5.75 Å². The van der Waals surface area contributed by atoms with Crippen molar-refractivity contribution in [1.82, 2.24) is 5.32 Å². The van der Waals surface area contributed by atoms with Gasteiger partial charge < -0.3 is 25.0 Å². The van der Waals surface area contributed by atoms with Gasteiger partial charge in [0.2, 0.25) is 0 Å². The largest absolute Gasteiger partial charge is 0.497 e. The molecule has 110 valence electrons. The van der Waals surface area contributed by atoms with Crippen LogP contribution < -0.4 is 14.8 Å². The molecule has 3 N–H and O–H groups in total. The number of benzene rings is 1. The van der Waals surface area contributed by atoms with Gasteiger partial charge in [0.15, 0.2) is 0 Å². The van der Waals surface area contributed by atoms with Crippen LogP contribution in [0.3, 0.4) is 0 Å². The SMILES string of the molecule is COc1ccc(C(=O)N[C@@H](CCO)C(=O)O)c(OC)c1. The Morgan fingerprint density at radius 3 is 2.50 bits per heavy atom. The van der Waals surface area contributed by atoms with Crippen LogP contribution in [0.5, 0.6) is 11.5 Å². The molecule has 0 bridgehead atoms. The second-order valence-corrected chi connectivity index (χ2v) is 3.94. The Morgan fingerprint density at radius 1 is 1.30 bits per heavy atom. The van der Waals surface area contributed by atoms with Crippen molar-refractivity contribution in [2.75, 3.05) is 20.8 Å². The van der Waals surface area contributed by atoms with Crippen LogP contribution >= 0.6 is 0 Å². The topological polar surface area (TPSA) is 105 Å². The van der Waals surface area contributed by atoms with E-state index in [-0.39, 0.29) is 24.3 Å². The molecule has 0 aliphatic heterocycles.